The summed E-state index contributed by atoms with van der Waals surface area (Å²) in [4.78, 5) is 26.5. The number of rotatable bonds is 9. The molecule has 0 radical (unpaired) electrons. The molecule has 1 aliphatic carbocycles. The highest BCUT2D eigenvalue weighted by Gasteiger charge is 2.32. The molecule has 2 amide bonds. The van der Waals surface area contributed by atoms with Crippen LogP contribution in [0.4, 0.5) is 5.69 Å². The molecule has 0 spiro atoms. The van der Waals surface area contributed by atoms with E-state index in [4.69, 9.17) is 9.47 Å². The Kier molecular flexibility index (Phi) is 8.73. The van der Waals surface area contributed by atoms with Crippen molar-refractivity contribution in [1.82, 2.24) is 9.62 Å². The van der Waals surface area contributed by atoms with Gasteiger partial charge in [0.25, 0.3) is 5.91 Å². The summed E-state index contributed by atoms with van der Waals surface area (Å²) in [6, 6.07) is 4.44. The van der Waals surface area contributed by atoms with Gasteiger partial charge in [-0.15, -0.1) is 0 Å². The van der Waals surface area contributed by atoms with Gasteiger partial charge in [-0.1, -0.05) is 19.3 Å². The molecule has 1 aromatic carbocycles. The minimum absolute atomic E-state index is 0.0663. The van der Waals surface area contributed by atoms with Crippen molar-refractivity contribution in [2.45, 2.75) is 48.7 Å². The molecule has 2 fully saturated rings. The Balaban J connectivity index is 1.34. The number of nitrogens with zero attached hydrogens (tertiary/aromatic N) is 2. The largest absolute Gasteiger partial charge is 0.482 e. The van der Waals surface area contributed by atoms with Crippen molar-refractivity contribution >= 4 is 39.3 Å². The minimum Gasteiger partial charge on any atom is -0.482 e. The highest BCUT2D eigenvalue weighted by molar-refractivity contribution is 7.99. The molecule has 0 bridgehead atoms. The van der Waals surface area contributed by atoms with E-state index in [2.05, 4.69) is 5.32 Å². The van der Waals surface area contributed by atoms with E-state index >= 15 is 0 Å². The number of hydrogen-bond donors (Lipinski definition) is 1. The number of sulfonamides is 1. The topological polar surface area (TPSA) is 105 Å². The van der Waals surface area contributed by atoms with Gasteiger partial charge in [0.15, 0.2) is 6.61 Å². The number of benzene rings is 1. The van der Waals surface area contributed by atoms with Gasteiger partial charge < -0.3 is 14.8 Å². The Hall–Kier alpha value is -1.82. The van der Waals surface area contributed by atoms with Gasteiger partial charge in [-0.2, -0.15) is 16.1 Å². The fourth-order valence-electron chi connectivity index (χ4n) is 4.43. The van der Waals surface area contributed by atoms with Crippen molar-refractivity contribution in [2.75, 3.05) is 56.7 Å². The standard InChI is InChI=1S/C23H33N3O6S2/c27-22(24-9-4-14-33-18-5-2-1-3-6-18)16-26-20-15-19(7-8-21(20)32-17-23(26)28)34(29,30)25-10-12-31-13-11-25/h7-8,15,18H,1-6,9-14,16-17H2,(H,24,27). The number of ether oxygens (including phenoxy) is 2. The average Bonchev–Trinajstić information content (AvgIpc) is 2.86. The lowest BCUT2D eigenvalue weighted by Gasteiger charge is -2.30. The maximum Gasteiger partial charge on any atom is 0.265 e. The van der Waals surface area contributed by atoms with E-state index in [1.165, 1.54) is 53.4 Å². The van der Waals surface area contributed by atoms with Crippen molar-refractivity contribution in [3.8, 4) is 5.75 Å². The monoisotopic (exact) mass is 511 g/mol. The number of nitrogens with one attached hydrogen (secondary N) is 1. The Morgan fingerprint density at radius 2 is 1.91 bits per heavy atom. The molecule has 4 rings (SSSR count). The van der Waals surface area contributed by atoms with Gasteiger partial charge in [-0.05, 0) is 43.2 Å². The molecule has 1 N–H and O–H groups in total. The Labute approximate surface area is 205 Å². The first kappa shape index (κ1) is 25.3. The fourth-order valence-corrected chi connectivity index (χ4v) is 7.17. The van der Waals surface area contributed by atoms with Gasteiger partial charge in [-0.3, -0.25) is 14.5 Å². The van der Waals surface area contributed by atoms with Crippen molar-refractivity contribution in [3.05, 3.63) is 18.2 Å². The smallest absolute Gasteiger partial charge is 0.265 e. The number of anilines is 1. The molecule has 2 heterocycles. The van der Waals surface area contributed by atoms with E-state index < -0.39 is 10.0 Å². The molecule has 1 saturated carbocycles. The van der Waals surface area contributed by atoms with Crippen LogP contribution in [0.15, 0.2) is 23.1 Å². The predicted octanol–water partition coefficient (Wildman–Crippen LogP) is 2.01. The molecular weight excluding hydrogens is 478 g/mol. The summed E-state index contributed by atoms with van der Waals surface area (Å²) in [6.45, 7) is 1.43. The second-order valence-electron chi connectivity index (χ2n) is 8.75. The first-order chi connectivity index (χ1) is 16.4. The number of carbonyl (C=O) groups excluding carboxylic acids is 2. The normalized spacial score (nSPS) is 20.0. The summed E-state index contributed by atoms with van der Waals surface area (Å²) in [5.41, 5.74) is 0.300. The van der Waals surface area contributed by atoms with Gasteiger partial charge in [0.1, 0.15) is 12.3 Å². The number of fused-ring (bicyclic) bond motifs is 1. The van der Waals surface area contributed by atoms with Crippen molar-refractivity contribution in [1.29, 1.82) is 0 Å². The van der Waals surface area contributed by atoms with E-state index in [9.17, 15) is 18.0 Å². The van der Waals surface area contributed by atoms with Gasteiger partial charge >= 0.3 is 0 Å². The van der Waals surface area contributed by atoms with Crippen molar-refractivity contribution < 1.29 is 27.5 Å². The van der Waals surface area contributed by atoms with Crippen LogP contribution in [0.25, 0.3) is 0 Å². The van der Waals surface area contributed by atoms with Gasteiger partial charge in [0.2, 0.25) is 15.9 Å². The zero-order valence-electron chi connectivity index (χ0n) is 19.4. The highest BCUT2D eigenvalue weighted by Crippen LogP contribution is 2.35. The summed E-state index contributed by atoms with van der Waals surface area (Å²) in [7, 11) is -3.74. The van der Waals surface area contributed by atoms with Crippen LogP contribution in [-0.2, 0) is 24.3 Å². The summed E-state index contributed by atoms with van der Waals surface area (Å²) < 4.78 is 38.2. The van der Waals surface area contributed by atoms with E-state index in [0.29, 0.717) is 31.2 Å². The molecule has 1 saturated heterocycles. The van der Waals surface area contributed by atoms with Crippen LogP contribution in [0.1, 0.15) is 38.5 Å². The molecule has 188 valence electrons. The lowest BCUT2D eigenvalue weighted by molar-refractivity contribution is -0.125. The number of carbonyl (C=O) groups is 2. The highest BCUT2D eigenvalue weighted by atomic mass is 32.2. The second-order valence-corrected chi connectivity index (χ2v) is 12.1. The molecule has 0 aromatic heterocycles. The first-order valence-corrected chi connectivity index (χ1v) is 14.5. The summed E-state index contributed by atoms with van der Waals surface area (Å²) >= 11 is 1.99. The third-order valence-electron chi connectivity index (χ3n) is 6.33. The molecule has 3 aliphatic rings. The lowest BCUT2D eigenvalue weighted by atomic mass is 10.0. The third-order valence-corrected chi connectivity index (χ3v) is 9.69. The number of morpholine rings is 1. The van der Waals surface area contributed by atoms with E-state index in [0.717, 1.165) is 17.4 Å². The van der Waals surface area contributed by atoms with Gasteiger partial charge in [0, 0.05) is 24.9 Å². The number of thioether (sulfide) groups is 1. The van der Waals surface area contributed by atoms with E-state index in [-0.39, 0.29) is 43.0 Å². The maximum absolute atomic E-state index is 13.0. The molecule has 34 heavy (non-hydrogen) atoms. The molecule has 0 unspecified atom stereocenters. The zero-order chi connectivity index (χ0) is 24.0. The van der Waals surface area contributed by atoms with Crippen molar-refractivity contribution in [2.24, 2.45) is 0 Å². The average molecular weight is 512 g/mol. The second kappa shape index (κ2) is 11.7. The maximum atomic E-state index is 13.0. The number of hydrogen-bond acceptors (Lipinski definition) is 7. The summed E-state index contributed by atoms with van der Waals surface area (Å²) in [5, 5.41) is 3.63. The Morgan fingerprint density at radius 3 is 2.68 bits per heavy atom. The predicted molar refractivity (Wildman–Crippen MR) is 131 cm³/mol. The summed E-state index contributed by atoms with van der Waals surface area (Å²) in [5.74, 6) is 0.742. The zero-order valence-corrected chi connectivity index (χ0v) is 21.0. The van der Waals surface area contributed by atoms with Gasteiger partial charge in [0.05, 0.1) is 23.8 Å². The quantitative estimate of drug-likeness (QED) is 0.506. The van der Waals surface area contributed by atoms with Gasteiger partial charge in [-0.25, -0.2) is 8.42 Å². The van der Waals surface area contributed by atoms with Crippen LogP contribution in [0.5, 0.6) is 5.75 Å². The third kappa shape index (κ3) is 6.24. The van der Waals surface area contributed by atoms with Crippen LogP contribution in [0, 0.1) is 0 Å². The molecular formula is C23H33N3O6S2. The van der Waals surface area contributed by atoms with E-state index in [1.54, 1.807) is 6.07 Å². The van der Waals surface area contributed by atoms with E-state index in [1.807, 2.05) is 11.8 Å². The minimum atomic E-state index is -3.74. The summed E-state index contributed by atoms with van der Waals surface area (Å²) in [6.07, 6.45) is 7.44. The van der Waals surface area contributed by atoms with Crippen molar-refractivity contribution in [3.63, 3.8) is 0 Å². The molecule has 0 atom stereocenters. The Morgan fingerprint density at radius 1 is 1.15 bits per heavy atom. The SMILES string of the molecule is O=C(CN1C(=O)COc2ccc(S(=O)(=O)N3CCOCC3)cc21)NCCCSC1CCCCC1. The van der Waals surface area contributed by atoms with Crippen LogP contribution in [-0.4, -0.2) is 81.5 Å². The van der Waals surface area contributed by atoms with Crippen LogP contribution in [0.3, 0.4) is 0 Å². The van der Waals surface area contributed by atoms with Crippen LogP contribution < -0.4 is 15.0 Å². The number of amides is 2. The first-order valence-electron chi connectivity index (χ1n) is 12.0. The molecule has 11 heteroatoms. The Bertz CT molecular complexity index is 975. The molecule has 2 aliphatic heterocycles. The lowest BCUT2D eigenvalue weighted by Crippen LogP contribution is -2.45. The van der Waals surface area contributed by atoms with Crippen LogP contribution in [0.2, 0.25) is 0 Å². The molecule has 9 nitrogen and oxygen atoms in total. The van der Waals surface area contributed by atoms with Crippen LogP contribution >= 0.6 is 11.8 Å². The fraction of sp³-hybridized carbons (Fsp3) is 0.652. The molecule has 1 aromatic rings.